The number of hydrogen-bond acceptors (Lipinski definition) is 3. The lowest BCUT2D eigenvalue weighted by molar-refractivity contribution is 0.119. The topological polar surface area (TPSA) is 66.4 Å². The van der Waals surface area contributed by atoms with Crippen molar-refractivity contribution in [3.8, 4) is 0 Å². The Balaban J connectivity index is 2.87. The maximum atomic E-state index is 12.1. The van der Waals surface area contributed by atoms with E-state index in [2.05, 4.69) is 4.72 Å². The standard InChI is InChI=1S/C13H20ClNO3S/c1-3-13(4-2,10-16)9-15-19(17,18)12-7-5-6-11(14)8-12/h5-8,15-16H,3-4,9-10H2,1-2H3. The first-order valence-electron chi connectivity index (χ1n) is 6.25. The summed E-state index contributed by atoms with van der Waals surface area (Å²) in [5.74, 6) is 0. The highest BCUT2D eigenvalue weighted by atomic mass is 35.5. The van der Waals surface area contributed by atoms with Crippen LogP contribution in [0.2, 0.25) is 5.02 Å². The lowest BCUT2D eigenvalue weighted by Gasteiger charge is -2.29. The van der Waals surface area contributed by atoms with E-state index in [-0.39, 0.29) is 18.0 Å². The number of halogens is 1. The largest absolute Gasteiger partial charge is 0.396 e. The van der Waals surface area contributed by atoms with Gasteiger partial charge in [-0.25, -0.2) is 13.1 Å². The summed E-state index contributed by atoms with van der Waals surface area (Å²) in [6, 6.07) is 6.11. The van der Waals surface area contributed by atoms with Crippen LogP contribution in [0, 0.1) is 5.41 Å². The van der Waals surface area contributed by atoms with Crippen LogP contribution in [-0.4, -0.2) is 26.7 Å². The van der Waals surface area contributed by atoms with Gasteiger partial charge in [-0.1, -0.05) is 31.5 Å². The minimum absolute atomic E-state index is 0.0436. The van der Waals surface area contributed by atoms with Crippen LogP contribution in [0.4, 0.5) is 0 Å². The SMILES string of the molecule is CCC(CC)(CO)CNS(=O)(=O)c1cccc(Cl)c1. The van der Waals surface area contributed by atoms with Crippen LogP contribution in [0.3, 0.4) is 0 Å². The van der Waals surface area contributed by atoms with Crippen molar-refractivity contribution in [2.45, 2.75) is 31.6 Å². The number of benzene rings is 1. The van der Waals surface area contributed by atoms with Crippen molar-refractivity contribution in [2.24, 2.45) is 5.41 Å². The molecule has 0 aliphatic carbocycles. The number of hydrogen-bond donors (Lipinski definition) is 2. The molecule has 0 saturated heterocycles. The molecule has 0 saturated carbocycles. The van der Waals surface area contributed by atoms with E-state index >= 15 is 0 Å². The van der Waals surface area contributed by atoms with Crippen LogP contribution in [0.1, 0.15) is 26.7 Å². The predicted octanol–water partition coefficient (Wildman–Crippen LogP) is 2.42. The molecule has 2 N–H and O–H groups in total. The molecule has 0 bridgehead atoms. The summed E-state index contributed by atoms with van der Waals surface area (Å²) in [7, 11) is -3.59. The van der Waals surface area contributed by atoms with Gasteiger partial charge < -0.3 is 5.11 Å². The lowest BCUT2D eigenvalue weighted by Crippen LogP contribution is -2.39. The Morgan fingerprint density at radius 2 is 1.95 bits per heavy atom. The molecular formula is C13H20ClNO3S. The quantitative estimate of drug-likeness (QED) is 0.813. The maximum Gasteiger partial charge on any atom is 0.240 e. The van der Waals surface area contributed by atoms with Gasteiger partial charge in [-0.3, -0.25) is 0 Å². The molecule has 0 aliphatic rings. The van der Waals surface area contributed by atoms with Crippen LogP contribution in [-0.2, 0) is 10.0 Å². The van der Waals surface area contributed by atoms with Crippen molar-refractivity contribution in [3.63, 3.8) is 0 Å². The number of rotatable bonds is 7. The molecule has 0 amide bonds. The Labute approximate surface area is 119 Å². The van der Waals surface area contributed by atoms with Gasteiger partial charge in [0.2, 0.25) is 10.0 Å². The maximum absolute atomic E-state index is 12.1. The third kappa shape index (κ3) is 4.18. The number of aliphatic hydroxyl groups is 1. The van der Waals surface area contributed by atoms with Gasteiger partial charge in [0.1, 0.15) is 0 Å². The third-order valence-electron chi connectivity index (χ3n) is 3.58. The molecule has 4 nitrogen and oxygen atoms in total. The number of aliphatic hydroxyl groups excluding tert-OH is 1. The van der Waals surface area contributed by atoms with E-state index in [0.29, 0.717) is 17.9 Å². The molecule has 0 atom stereocenters. The Kier molecular flexibility index (Phi) is 5.80. The summed E-state index contributed by atoms with van der Waals surface area (Å²) in [4.78, 5) is 0.138. The minimum atomic E-state index is -3.59. The Morgan fingerprint density at radius 3 is 2.42 bits per heavy atom. The fourth-order valence-electron chi connectivity index (χ4n) is 1.75. The minimum Gasteiger partial charge on any atom is -0.396 e. The van der Waals surface area contributed by atoms with Crippen molar-refractivity contribution in [1.29, 1.82) is 0 Å². The summed E-state index contributed by atoms with van der Waals surface area (Å²) >= 11 is 5.79. The zero-order valence-electron chi connectivity index (χ0n) is 11.2. The van der Waals surface area contributed by atoms with Gasteiger partial charge in [0.25, 0.3) is 0 Å². The predicted molar refractivity (Wildman–Crippen MR) is 76.7 cm³/mol. The monoisotopic (exact) mass is 305 g/mol. The summed E-state index contributed by atoms with van der Waals surface area (Å²) in [6.07, 6.45) is 1.41. The molecule has 0 fully saturated rings. The Hall–Kier alpha value is -0.620. The molecule has 0 aliphatic heterocycles. The van der Waals surface area contributed by atoms with E-state index < -0.39 is 15.4 Å². The first-order valence-corrected chi connectivity index (χ1v) is 8.11. The van der Waals surface area contributed by atoms with Gasteiger partial charge in [-0.15, -0.1) is 0 Å². The first kappa shape index (κ1) is 16.4. The van der Waals surface area contributed by atoms with Gasteiger partial charge in [0.15, 0.2) is 0 Å². The van der Waals surface area contributed by atoms with Crippen LogP contribution in [0.25, 0.3) is 0 Å². The summed E-state index contributed by atoms with van der Waals surface area (Å²) in [5.41, 5.74) is -0.411. The van der Waals surface area contributed by atoms with Crippen molar-refractivity contribution in [2.75, 3.05) is 13.2 Å². The molecule has 19 heavy (non-hydrogen) atoms. The fourth-order valence-corrected chi connectivity index (χ4v) is 3.20. The van der Waals surface area contributed by atoms with Gasteiger partial charge in [-0.05, 0) is 31.0 Å². The zero-order valence-corrected chi connectivity index (χ0v) is 12.8. The van der Waals surface area contributed by atoms with Gasteiger partial charge in [0.05, 0.1) is 4.90 Å². The van der Waals surface area contributed by atoms with Crippen molar-refractivity contribution in [1.82, 2.24) is 4.72 Å². The van der Waals surface area contributed by atoms with E-state index in [1.807, 2.05) is 13.8 Å². The molecule has 0 radical (unpaired) electrons. The fraction of sp³-hybridized carbons (Fsp3) is 0.538. The number of sulfonamides is 1. The molecule has 0 heterocycles. The lowest BCUT2D eigenvalue weighted by atomic mass is 9.84. The molecule has 1 aromatic carbocycles. The highest BCUT2D eigenvalue weighted by Gasteiger charge is 2.27. The van der Waals surface area contributed by atoms with Gasteiger partial charge in [0, 0.05) is 23.6 Å². The van der Waals surface area contributed by atoms with Crippen molar-refractivity contribution < 1.29 is 13.5 Å². The first-order chi connectivity index (χ1) is 8.89. The average molecular weight is 306 g/mol. The molecule has 0 unspecified atom stereocenters. The van der Waals surface area contributed by atoms with E-state index in [1.54, 1.807) is 12.1 Å². The molecule has 6 heteroatoms. The summed E-state index contributed by atoms with van der Waals surface area (Å²) in [6.45, 7) is 4.05. The normalized spacial score (nSPS) is 12.6. The van der Waals surface area contributed by atoms with E-state index in [0.717, 1.165) is 0 Å². The Bertz CT molecular complexity index is 504. The second kappa shape index (κ2) is 6.70. The van der Waals surface area contributed by atoms with Gasteiger partial charge in [-0.2, -0.15) is 0 Å². The van der Waals surface area contributed by atoms with Crippen LogP contribution < -0.4 is 4.72 Å². The van der Waals surface area contributed by atoms with Crippen molar-refractivity contribution in [3.05, 3.63) is 29.3 Å². The molecular weight excluding hydrogens is 286 g/mol. The van der Waals surface area contributed by atoms with Crippen molar-refractivity contribution >= 4 is 21.6 Å². The highest BCUT2D eigenvalue weighted by molar-refractivity contribution is 7.89. The smallest absolute Gasteiger partial charge is 0.240 e. The van der Waals surface area contributed by atoms with E-state index in [9.17, 15) is 13.5 Å². The third-order valence-corrected chi connectivity index (χ3v) is 5.21. The molecule has 0 spiro atoms. The molecule has 1 rings (SSSR count). The summed E-state index contributed by atoms with van der Waals surface area (Å²) < 4.78 is 26.8. The average Bonchev–Trinajstić information content (AvgIpc) is 2.41. The second-order valence-electron chi connectivity index (χ2n) is 4.65. The zero-order chi connectivity index (χ0) is 14.5. The summed E-state index contributed by atoms with van der Waals surface area (Å²) in [5, 5.41) is 9.81. The highest BCUT2D eigenvalue weighted by Crippen LogP contribution is 2.25. The molecule has 0 aromatic heterocycles. The second-order valence-corrected chi connectivity index (χ2v) is 6.85. The molecule has 108 valence electrons. The van der Waals surface area contributed by atoms with Crippen LogP contribution in [0.5, 0.6) is 0 Å². The van der Waals surface area contributed by atoms with E-state index in [1.165, 1.54) is 12.1 Å². The molecule has 1 aromatic rings. The van der Waals surface area contributed by atoms with Gasteiger partial charge >= 0.3 is 0 Å². The van der Waals surface area contributed by atoms with Crippen LogP contribution >= 0.6 is 11.6 Å². The Morgan fingerprint density at radius 1 is 1.32 bits per heavy atom. The van der Waals surface area contributed by atoms with E-state index in [4.69, 9.17) is 11.6 Å². The van der Waals surface area contributed by atoms with Crippen LogP contribution in [0.15, 0.2) is 29.2 Å². The number of nitrogens with one attached hydrogen (secondary N) is 1.